The Morgan fingerprint density at radius 2 is 0.521 bits per heavy atom. The van der Waals surface area contributed by atoms with Gasteiger partial charge in [-0.3, -0.25) is 4.79 Å². The minimum Gasteiger partial charge on any atom is -0.394 e. The van der Waals surface area contributed by atoms with Crippen LogP contribution in [0, 0.1) is 0 Å². The molecule has 0 heterocycles. The molecule has 434 valence electrons. The molecule has 2 unspecified atom stereocenters. The van der Waals surface area contributed by atoms with Gasteiger partial charge in [0, 0.05) is 6.42 Å². The molecular weight excluding hydrogens is 891 g/mol. The third kappa shape index (κ3) is 61.6. The smallest absolute Gasteiger partial charge is 0.220 e. The molecule has 2 atom stereocenters. The van der Waals surface area contributed by atoms with Gasteiger partial charge in [-0.15, -0.1) is 0 Å². The van der Waals surface area contributed by atoms with E-state index in [1.54, 1.807) is 6.08 Å². The summed E-state index contributed by atoms with van der Waals surface area (Å²) in [6.45, 7) is 4.36. The van der Waals surface area contributed by atoms with E-state index in [1.807, 2.05) is 6.08 Å². The molecule has 0 bridgehead atoms. The highest BCUT2D eigenvalue weighted by atomic mass is 16.3. The minimum atomic E-state index is -0.837. The van der Waals surface area contributed by atoms with Gasteiger partial charge in [0.1, 0.15) is 0 Å². The molecule has 0 saturated heterocycles. The van der Waals surface area contributed by atoms with Gasteiger partial charge in [0.05, 0.1) is 18.8 Å². The van der Waals surface area contributed by atoms with E-state index in [-0.39, 0.29) is 12.5 Å². The van der Waals surface area contributed by atoms with Crippen molar-refractivity contribution in [3.8, 4) is 0 Å². The number of hydrogen-bond acceptors (Lipinski definition) is 3. The van der Waals surface area contributed by atoms with E-state index in [4.69, 9.17) is 0 Å². The maximum atomic E-state index is 12.5. The van der Waals surface area contributed by atoms with E-state index in [1.165, 1.54) is 347 Å². The second-order valence-electron chi connectivity index (χ2n) is 23.6. The van der Waals surface area contributed by atoms with Crippen LogP contribution in [0.25, 0.3) is 0 Å². The molecule has 73 heavy (non-hydrogen) atoms. The number of unbranched alkanes of at least 4 members (excludes halogenated alkanes) is 55. The van der Waals surface area contributed by atoms with Gasteiger partial charge in [-0.05, 0) is 44.9 Å². The molecule has 0 fully saturated rings. The van der Waals surface area contributed by atoms with Gasteiger partial charge < -0.3 is 15.5 Å². The lowest BCUT2D eigenvalue weighted by atomic mass is 10.0. The number of rotatable bonds is 64. The van der Waals surface area contributed by atoms with Crippen LogP contribution in [0.2, 0.25) is 0 Å². The molecule has 0 aliphatic heterocycles. The standard InChI is InChI=1S/C69H135NO3/c1-3-5-7-9-11-13-15-17-19-21-23-25-27-28-29-30-31-32-33-34-35-36-37-38-39-40-41-42-43-45-47-49-51-53-55-57-59-61-63-65-69(73)70-67(66-71)68(72)64-62-60-58-56-54-52-50-48-46-44-26-24-22-20-18-16-14-12-10-8-6-4-2/h21,23,62,64,67-68,71-72H,3-20,22,24-61,63,65-66H2,1-2H3,(H,70,73)/b23-21-,64-62+. The fourth-order valence-electron chi connectivity index (χ4n) is 11.0. The van der Waals surface area contributed by atoms with Gasteiger partial charge in [-0.25, -0.2) is 0 Å². The van der Waals surface area contributed by atoms with Crippen molar-refractivity contribution in [3.05, 3.63) is 24.3 Å². The topological polar surface area (TPSA) is 69.6 Å². The van der Waals surface area contributed by atoms with Crippen LogP contribution in [-0.2, 0) is 4.79 Å². The number of aliphatic hydroxyl groups excluding tert-OH is 2. The highest BCUT2D eigenvalue weighted by molar-refractivity contribution is 5.76. The van der Waals surface area contributed by atoms with E-state index in [0.717, 1.165) is 25.7 Å². The average molecular weight is 1030 g/mol. The first-order valence-corrected chi connectivity index (χ1v) is 34.1. The second-order valence-corrected chi connectivity index (χ2v) is 23.6. The zero-order valence-corrected chi connectivity index (χ0v) is 50.2. The summed E-state index contributed by atoms with van der Waals surface area (Å²) < 4.78 is 0. The highest BCUT2D eigenvalue weighted by Crippen LogP contribution is 2.19. The van der Waals surface area contributed by atoms with Crippen molar-refractivity contribution in [1.29, 1.82) is 0 Å². The molecule has 1 amide bonds. The number of amides is 1. The van der Waals surface area contributed by atoms with Crippen molar-refractivity contribution in [2.24, 2.45) is 0 Å². The lowest BCUT2D eigenvalue weighted by molar-refractivity contribution is -0.123. The third-order valence-corrected chi connectivity index (χ3v) is 16.2. The fraction of sp³-hybridized carbons (Fsp3) is 0.928. The van der Waals surface area contributed by atoms with Gasteiger partial charge in [0.15, 0.2) is 0 Å². The molecule has 4 heteroatoms. The van der Waals surface area contributed by atoms with E-state index in [9.17, 15) is 15.0 Å². The number of hydrogen-bond donors (Lipinski definition) is 3. The van der Waals surface area contributed by atoms with Crippen molar-refractivity contribution in [2.75, 3.05) is 6.61 Å². The molecule has 0 aromatic rings. The molecule has 0 aromatic carbocycles. The van der Waals surface area contributed by atoms with Crippen LogP contribution in [0.5, 0.6) is 0 Å². The van der Waals surface area contributed by atoms with Crippen LogP contribution in [0.1, 0.15) is 393 Å². The summed E-state index contributed by atoms with van der Waals surface area (Å²) in [6, 6.07) is -0.620. The van der Waals surface area contributed by atoms with Gasteiger partial charge in [-0.2, -0.15) is 0 Å². The number of carbonyl (C=O) groups is 1. The third-order valence-electron chi connectivity index (χ3n) is 16.2. The van der Waals surface area contributed by atoms with Crippen molar-refractivity contribution in [2.45, 2.75) is 405 Å². The van der Waals surface area contributed by atoms with Gasteiger partial charge in [0.2, 0.25) is 5.91 Å². The van der Waals surface area contributed by atoms with Crippen molar-refractivity contribution < 1.29 is 15.0 Å². The number of nitrogens with one attached hydrogen (secondary N) is 1. The van der Waals surface area contributed by atoms with Crippen LogP contribution in [0.3, 0.4) is 0 Å². The second kappa shape index (κ2) is 65.2. The lowest BCUT2D eigenvalue weighted by Gasteiger charge is -2.20. The van der Waals surface area contributed by atoms with Crippen LogP contribution >= 0.6 is 0 Å². The minimum absolute atomic E-state index is 0.0546. The highest BCUT2D eigenvalue weighted by Gasteiger charge is 2.18. The van der Waals surface area contributed by atoms with E-state index < -0.39 is 12.1 Å². The van der Waals surface area contributed by atoms with Crippen LogP contribution in [-0.4, -0.2) is 34.9 Å². The summed E-state index contributed by atoms with van der Waals surface area (Å²) in [6.07, 6.45) is 88.4. The summed E-state index contributed by atoms with van der Waals surface area (Å²) >= 11 is 0. The number of allylic oxidation sites excluding steroid dienone is 3. The van der Waals surface area contributed by atoms with Gasteiger partial charge in [-0.1, -0.05) is 366 Å². The molecule has 0 spiro atoms. The summed E-state index contributed by atoms with van der Waals surface area (Å²) in [5.41, 5.74) is 0. The Morgan fingerprint density at radius 3 is 0.753 bits per heavy atom. The monoisotopic (exact) mass is 1030 g/mol. The fourth-order valence-corrected chi connectivity index (χ4v) is 11.0. The summed E-state index contributed by atoms with van der Waals surface area (Å²) in [5, 5.41) is 23.3. The van der Waals surface area contributed by atoms with Crippen molar-refractivity contribution in [3.63, 3.8) is 0 Å². The Morgan fingerprint density at radius 1 is 0.315 bits per heavy atom. The predicted molar refractivity (Wildman–Crippen MR) is 327 cm³/mol. The molecule has 4 nitrogen and oxygen atoms in total. The Kier molecular flexibility index (Phi) is 64.1. The van der Waals surface area contributed by atoms with E-state index >= 15 is 0 Å². The Hall–Kier alpha value is -1.13. The Balaban J connectivity index is 3.38. The normalized spacial score (nSPS) is 12.8. The molecule has 0 radical (unpaired) electrons. The number of aliphatic hydroxyl groups is 2. The van der Waals surface area contributed by atoms with Crippen molar-refractivity contribution in [1.82, 2.24) is 5.32 Å². The molecule has 0 rings (SSSR count). The molecule has 0 saturated carbocycles. The molecule has 0 aliphatic rings. The SMILES string of the molecule is CCCCCCCCCC/C=C\CCCCCCCCCCCCCCCCCCCCCCCCCCCCCC(=O)NC(CO)C(O)/C=C/CCCCCCCCCCCCCCCCCCCCCC. The van der Waals surface area contributed by atoms with Gasteiger partial charge in [0.25, 0.3) is 0 Å². The lowest BCUT2D eigenvalue weighted by Crippen LogP contribution is -2.45. The van der Waals surface area contributed by atoms with Crippen molar-refractivity contribution >= 4 is 5.91 Å². The summed E-state index contributed by atoms with van der Waals surface area (Å²) in [7, 11) is 0. The molecular formula is C69H135NO3. The van der Waals surface area contributed by atoms with E-state index in [2.05, 4.69) is 31.3 Å². The largest absolute Gasteiger partial charge is 0.394 e. The van der Waals surface area contributed by atoms with Gasteiger partial charge >= 0.3 is 0 Å². The first-order valence-electron chi connectivity index (χ1n) is 34.1. The zero-order chi connectivity index (χ0) is 52.7. The molecule has 0 aromatic heterocycles. The predicted octanol–water partition coefficient (Wildman–Crippen LogP) is 23.0. The van der Waals surface area contributed by atoms with Crippen LogP contribution < -0.4 is 5.32 Å². The Labute approximate surface area is 459 Å². The van der Waals surface area contributed by atoms with Crippen LogP contribution in [0.4, 0.5) is 0 Å². The van der Waals surface area contributed by atoms with Crippen LogP contribution in [0.15, 0.2) is 24.3 Å². The quantitative estimate of drug-likeness (QED) is 0.0420. The zero-order valence-electron chi connectivity index (χ0n) is 50.2. The first kappa shape index (κ1) is 71.9. The summed E-state index contributed by atoms with van der Waals surface area (Å²) in [5.74, 6) is -0.0546. The summed E-state index contributed by atoms with van der Waals surface area (Å²) in [4.78, 5) is 12.5. The molecule has 3 N–H and O–H groups in total. The number of carbonyl (C=O) groups excluding carboxylic acids is 1. The first-order chi connectivity index (χ1) is 36.2. The average Bonchev–Trinajstić information content (AvgIpc) is 3.40. The molecule has 0 aliphatic carbocycles. The maximum Gasteiger partial charge on any atom is 0.220 e. The van der Waals surface area contributed by atoms with E-state index in [0.29, 0.717) is 6.42 Å². The Bertz CT molecular complexity index is 1070. The maximum absolute atomic E-state index is 12.5.